The van der Waals surface area contributed by atoms with Gasteiger partial charge in [0, 0.05) is 36.1 Å². The number of carbonyl (C=O) groups is 1. The Labute approximate surface area is 151 Å². The SMILES string of the molecule is CCNC(=N)c1cnc(NC(=O)NCc2c(C)cccc2Cl)cc1N. The standard InChI is InChI=1S/C17H21ClN6O/c1-3-21-16(20)12-9-22-15(7-14(12)19)24-17(25)23-8-11-10(2)5-4-6-13(11)18/h4-7,9H,3,8H2,1-2H3,(H2,20,21)(H4,19,22,23,24,25). The van der Waals surface area contributed by atoms with E-state index in [1.165, 1.54) is 12.3 Å². The van der Waals surface area contributed by atoms with Crippen LogP contribution in [0.2, 0.25) is 5.02 Å². The first-order valence-corrected chi connectivity index (χ1v) is 8.17. The summed E-state index contributed by atoms with van der Waals surface area (Å²) in [5.41, 5.74) is 8.63. The number of amidine groups is 1. The van der Waals surface area contributed by atoms with Crippen LogP contribution in [0.1, 0.15) is 23.6 Å². The van der Waals surface area contributed by atoms with Crippen molar-refractivity contribution in [3.63, 3.8) is 0 Å². The Balaban J connectivity index is 1.99. The highest BCUT2D eigenvalue weighted by Gasteiger charge is 2.10. The number of hydrogen-bond donors (Lipinski definition) is 5. The molecule has 0 spiro atoms. The van der Waals surface area contributed by atoms with Gasteiger partial charge in [-0.05, 0) is 31.0 Å². The zero-order chi connectivity index (χ0) is 18.4. The maximum atomic E-state index is 12.0. The fourth-order valence-electron chi connectivity index (χ4n) is 2.24. The molecule has 6 N–H and O–H groups in total. The molecule has 0 aliphatic heterocycles. The van der Waals surface area contributed by atoms with Crippen molar-refractivity contribution in [1.82, 2.24) is 15.6 Å². The van der Waals surface area contributed by atoms with Crippen molar-refractivity contribution in [2.45, 2.75) is 20.4 Å². The van der Waals surface area contributed by atoms with Crippen LogP contribution in [0.25, 0.3) is 0 Å². The molecule has 132 valence electrons. The number of rotatable bonds is 5. The van der Waals surface area contributed by atoms with Gasteiger partial charge in [0.2, 0.25) is 0 Å². The van der Waals surface area contributed by atoms with Crippen LogP contribution < -0.4 is 21.7 Å². The summed E-state index contributed by atoms with van der Waals surface area (Å²) in [6.07, 6.45) is 1.45. The molecule has 0 bridgehead atoms. The van der Waals surface area contributed by atoms with Crippen molar-refractivity contribution < 1.29 is 4.79 Å². The summed E-state index contributed by atoms with van der Waals surface area (Å²) in [7, 11) is 0. The predicted octanol–water partition coefficient (Wildman–Crippen LogP) is 2.88. The molecular weight excluding hydrogens is 340 g/mol. The molecule has 2 aromatic rings. The average molecular weight is 361 g/mol. The first-order valence-electron chi connectivity index (χ1n) is 7.79. The smallest absolute Gasteiger partial charge is 0.320 e. The molecule has 0 saturated heterocycles. The molecule has 0 aliphatic rings. The maximum Gasteiger partial charge on any atom is 0.320 e. The molecule has 0 saturated carbocycles. The van der Waals surface area contributed by atoms with Crippen molar-refractivity contribution in [1.29, 1.82) is 5.41 Å². The van der Waals surface area contributed by atoms with Gasteiger partial charge in [0.05, 0.1) is 5.56 Å². The van der Waals surface area contributed by atoms with E-state index in [0.717, 1.165) is 11.1 Å². The molecule has 7 nitrogen and oxygen atoms in total. The molecule has 1 aromatic heterocycles. The quantitative estimate of drug-likeness (QED) is 0.416. The summed E-state index contributed by atoms with van der Waals surface area (Å²) < 4.78 is 0. The lowest BCUT2D eigenvalue weighted by Crippen LogP contribution is -2.29. The number of carbonyl (C=O) groups excluding carboxylic acids is 1. The number of amides is 2. The number of pyridine rings is 1. The van der Waals surface area contributed by atoms with Crippen molar-refractivity contribution in [3.8, 4) is 0 Å². The van der Waals surface area contributed by atoms with Gasteiger partial charge in [-0.15, -0.1) is 0 Å². The van der Waals surface area contributed by atoms with Crippen molar-refractivity contribution in [3.05, 3.63) is 52.2 Å². The fourth-order valence-corrected chi connectivity index (χ4v) is 2.53. The van der Waals surface area contributed by atoms with Crippen LogP contribution >= 0.6 is 11.6 Å². The number of aromatic nitrogens is 1. The molecule has 1 aromatic carbocycles. The van der Waals surface area contributed by atoms with Crippen LogP contribution in [-0.2, 0) is 6.54 Å². The minimum atomic E-state index is -0.416. The fraction of sp³-hybridized carbons (Fsp3) is 0.235. The van der Waals surface area contributed by atoms with Gasteiger partial charge in [-0.25, -0.2) is 9.78 Å². The number of anilines is 2. The summed E-state index contributed by atoms with van der Waals surface area (Å²) in [5, 5.41) is 16.7. The average Bonchev–Trinajstić information content (AvgIpc) is 2.54. The normalized spacial score (nSPS) is 10.2. The van der Waals surface area contributed by atoms with Crippen molar-refractivity contribution in [2.24, 2.45) is 0 Å². The van der Waals surface area contributed by atoms with Gasteiger partial charge in [-0.2, -0.15) is 0 Å². The number of nitrogens with two attached hydrogens (primary N) is 1. The van der Waals surface area contributed by atoms with Gasteiger partial charge < -0.3 is 16.4 Å². The van der Waals surface area contributed by atoms with E-state index in [1.54, 1.807) is 6.07 Å². The summed E-state index contributed by atoms with van der Waals surface area (Å²) in [4.78, 5) is 16.2. The van der Waals surface area contributed by atoms with Crippen molar-refractivity contribution in [2.75, 3.05) is 17.6 Å². The molecule has 1 heterocycles. The van der Waals surface area contributed by atoms with E-state index in [0.29, 0.717) is 35.2 Å². The van der Waals surface area contributed by atoms with Crippen LogP contribution in [-0.4, -0.2) is 23.4 Å². The van der Waals surface area contributed by atoms with Gasteiger partial charge >= 0.3 is 6.03 Å². The molecule has 0 atom stereocenters. The third-order valence-corrected chi connectivity index (χ3v) is 3.93. The number of nitrogens with one attached hydrogen (secondary N) is 4. The highest BCUT2D eigenvalue weighted by atomic mass is 35.5. The van der Waals surface area contributed by atoms with E-state index in [4.69, 9.17) is 22.7 Å². The second kappa shape index (κ2) is 8.34. The third kappa shape index (κ3) is 4.84. The van der Waals surface area contributed by atoms with E-state index < -0.39 is 6.03 Å². The van der Waals surface area contributed by atoms with Crippen LogP contribution in [0.3, 0.4) is 0 Å². The highest BCUT2D eigenvalue weighted by Crippen LogP contribution is 2.19. The molecule has 25 heavy (non-hydrogen) atoms. The third-order valence-electron chi connectivity index (χ3n) is 3.58. The Kier molecular flexibility index (Phi) is 6.19. The van der Waals surface area contributed by atoms with E-state index in [9.17, 15) is 4.79 Å². The van der Waals surface area contributed by atoms with Gasteiger partial charge in [0.1, 0.15) is 11.7 Å². The molecule has 8 heteroatoms. The highest BCUT2D eigenvalue weighted by molar-refractivity contribution is 6.31. The zero-order valence-corrected chi connectivity index (χ0v) is 14.9. The molecule has 0 aliphatic carbocycles. The molecule has 2 rings (SSSR count). The molecule has 0 unspecified atom stereocenters. The number of aryl methyl sites for hydroxylation is 1. The molecule has 2 amide bonds. The second-order valence-corrected chi connectivity index (χ2v) is 5.81. The minimum Gasteiger partial charge on any atom is -0.398 e. The Morgan fingerprint density at radius 3 is 2.76 bits per heavy atom. The van der Waals surface area contributed by atoms with Crippen LogP contribution in [0.15, 0.2) is 30.5 Å². The summed E-state index contributed by atoms with van der Waals surface area (Å²) in [6.45, 7) is 4.73. The first kappa shape index (κ1) is 18.5. The Morgan fingerprint density at radius 2 is 2.12 bits per heavy atom. The van der Waals surface area contributed by atoms with Crippen molar-refractivity contribution >= 4 is 35.0 Å². The van der Waals surface area contributed by atoms with E-state index in [2.05, 4.69) is 20.9 Å². The summed E-state index contributed by atoms with van der Waals surface area (Å²) in [6, 6.07) is 6.67. The minimum absolute atomic E-state index is 0.192. The van der Waals surface area contributed by atoms with Crippen LogP contribution in [0.4, 0.5) is 16.3 Å². The Morgan fingerprint density at radius 1 is 1.36 bits per heavy atom. The number of hydrogen-bond acceptors (Lipinski definition) is 4. The monoisotopic (exact) mass is 360 g/mol. The lowest BCUT2D eigenvalue weighted by molar-refractivity contribution is 0.251. The van der Waals surface area contributed by atoms with Gasteiger partial charge in [-0.3, -0.25) is 10.7 Å². The van der Waals surface area contributed by atoms with Crippen LogP contribution in [0.5, 0.6) is 0 Å². The van der Waals surface area contributed by atoms with Gasteiger partial charge in [0.15, 0.2) is 0 Å². The molecule has 0 fully saturated rings. The Bertz CT molecular complexity index is 772. The Hall–Kier alpha value is -2.80. The van der Waals surface area contributed by atoms with Gasteiger partial charge in [0.25, 0.3) is 0 Å². The van der Waals surface area contributed by atoms with E-state index in [-0.39, 0.29) is 5.84 Å². The number of nitrogen functional groups attached to an aromatic ring is 1. The lowest BCUT2D eigenvalue weighted by atomic mass is 10.1. The number of halogens is 1. The molecule has 0 radical (unpaired) electrons. The lowest BCUT2D eigenvalue weighted by Gasteiger charge is -2.12. The maximum absolute atomic E-state index is 12.0. The topological polar surface area (TPSA) is 116 Å². The van der Waals surface area contributed by atoms with Crippen LogP contribution in [0, 0.1) is 12.3 Å². The van der Waals surface area contributed by atoms with E-state index >= 15 is 0 Å². The number of urea groups is 1. The molecular formula is C17H21ClN6O. The number of nitrogens with zero attached hydrogens (tertiary/aromatic N) is 1. The van der Waals surface area contributed by atoms with Gasteiger partial charge in [-0.1, -0.05) is 23.7 Å². The summed E-state index contributed by atoms with van der Waals surface area (Å²) in [5.74, 6) is 0.497. The number of benzene rings is 1. The van der Waals surface area contributed by atoms with E-state index in [1.807, 2.05) is 26.0 Å². The largest absolute Gasteiger partial charge is 0.398 e. The predicted molar refractivity (Wildman–Crippen MR) is 101 cm³/mol. The second-order valence-electron chi connectivity index (χ2n) is 5.41. The first-order chi connectivity index (χ1) is 11.9. The zero-order valence-electron chi connectivity index (χ0n) is 14.1. The summed E-state index contributed by atoms with van der Waals surface area (Å²) >= 11 is 6.14.